The Morgan fingerprint density at radius 3 is 2.65 bits per heavy atom. The minimum Gasteiger partial charge on any atom is -0.355 e. The molecule has 1 amide bonds. The van der Waals surface area contributed by atoms with Gasteiger partial charge in [-0.15, -0.1) is 0 Å². The lowest BCUT2D eigenvalue weighted by Gasteiger charge is -2.46. The average Bonchev–Trinajstić information content (AvgIpc) is 2.38. The number of likely N-dealkylation sites (N-methyl/N-ethyl adjacent to an activating group) is 1. The molecular formula is C16H25N3O. The molecule has 1 heterocycles. The van der Waals surface area contributed by atoms with Crippen LogP contribution in [0, 0.1) is 6.92 Å². The quantitative estimate of drug-likeness (QED) is 0.913. The van der Waals surface area contributed by atoms with Crippen molar-refractivity contribution in [2.75, 3.05) is 32.1 Å². The summed E-state index contributed by atoms with van der Waals surface area (Å²) < 4.78 is 0. The molecule has 110 valence electrons. The van der Waals surface area contributed by atoms with Crippen LogP contribution in [0.2, 0.25) is 0 Å². The number of rotatable bonds is 3. The fraction of sp³-hybridized carbons (Fsp3) is 0.562. The van der Waals surface area contributed by atoms with Gasteiger partial charge in [-0.3, -0.25) is 4.79 Å². The molecule has 0 atom stereocenters. The zero-order valence-electron chi connectivity index (χ0n) is 13.2. The van der Waals surface area contributed by atoms with Crippen molar-refractivity contribution in [2.24, 2.45) is 0 Å². The zero-order valence-corrected chi connectivity index (χ0v) is 13.2. The maximum atomic E-state index is 12.4. The Bertz CT molecular complexity index is 510. The highest BCUT2D eigenvalue weighted by Gasteiger charge is 2.41. The number of carbonyl (C=O) groups is 1. The van der Waals surface area contributed by atoms with Crippen LogP contribution >= 0.6 is 0 Å². The molecule has 0 aliphatic carbocycles. The first-order valence-electron chi connectivity index (χ1n) is 7.15. The predicted molar refractivity (Wildman–Crippen MR) is 83.0 cm³/mol. The maximum absolute atomic E-state index is 12.4. The van der Waals surface area contributed by atoms with E-state index < -0.39 is 5.54 Å². The Kier molecular flexibility index (Phi) is 4.04. The number of benzene rings is 1. The van der Waals surface area contributed by atoms with E-state index in [9.17, 15) is 4.79 Å². The molecule has 4 nitrogen and oxygen atoms in total. The Labute approximate surface area is 121 Å². The lowest BCUT2D eigenvalue weighted by Crippen LogP contribution is -2.62. The largest absolute Gasteiger partial charge is 0.355 e. The van der Waals surface area contributed by atoms with Gasteiger partial charge in [-0.25, -0.2) is 0 Å². The number of hydrogen-bond donors (Lipinski definition) is 1. The van der Waals surface area contributed by atoms with E-state index in [4.69, 9.17) is 0 Å². The van der Waals surface area contributed by atoms with Crippen molar-refractivity contribution in [1.29, 1.82) is 0 Å². The third kappa shape index (κ3) is 2.52. The van der Waals surface area contributed by atoms with Crippen LogP contribution in [0.15, 0.2) is 18.2 Å². The highest BCUT2D eigenvalue weighted by atomic mass is 16.2. The summed E-state index contributed by atoms with van der Waals surface area (Å²) in [6.07, 6.45) is 0. The van der Waals surface area contributed by atoms with Crippen molar-refractivity contribution in [1.82, 2.24) is 10.2 Å². The van der Waals surface area contributed by atoms with Gasteiger partial charge in [-0.05, 0) is 39.4 Å². The van der Waals surface area contributed by atoms with Crippen LogP contribution in [-0.4, -0.2) is 43.5 Å². The van der Waals surface area contributed by atoms with Gasteiger partial charge in [0.25, 0.3) is 0 Å². The highest BCUT2D eigenvalue weighted by molar-refractivity contribution is 5.90. The Hall–Kier alpha value is -1.55. The van der Waals surface area contributed by atoms with Crippen molar-refractivity contribution in [3.63, 3.8) is 0 Å². The first-order valence-corrected chi connectivity index (χ1v) is 7.15. The van der Waals surface area contributed by atoms with Gasteiger partial charge >= 0.3 is 0 Å². The van der Waals surface area contributed by atoms with Crippen LogP contribution in [0.1, 0.15) is 25.0 Å². The number of nitrogens with zero attached hydrogens (tertiary/aromatic N) is 2. The van der Waals surface area contributed by atoms with Crippen LogP contribution in [0.3, 0.4) is 0 Å². The summed E-state index contributed by atoms with van der Waals surface area (Å²) in [5.41, 5.74) is 3.16. The van der Waals surface area contributed by atoms with Crippen LogP contribution in [-0.2, 0) is 11.3 Å². The van der Waals surface area contributed by atoms with E-state index in [1.807, 2.05) is 32.8 Å². The molecule has 1 saturated heterocycles. The van der Waals surface area contributed by atoms with Gasteiger partial charge in [0.05, 0.1) is 0 Å². The molecule has 1 aliphatic rings. The van der Waals surface area contributed by atoms with Gasteiger partial charge in [0.1, 0.15) is 5.54 Å². The standard InChI is InChI=1S/C16H25N3O/c1-12-6-7-14(13(10-12)11-17-4)19-9-8-18(5)15(20)16(19,2)3/h6-7,10,17H,8-9,11H2,1-5H3. The molecule has 1 aliphatic heterocycles. The van der Waals surface area contributed by atoms with Crippen LogP contribution in [0.4, 0.5) is 5.69 Å². The first kappa shape index (κ1) is 14.9. The number of nitrogens with one attached hydrogen (secondary N) is 1. The predicted octanol–water partition coefficient (Wildman–Crippen LogP) is 1.77. The summed E-state index contributed by atoms with van der Waals surface area (Å²) in [6.45, 7) is 8.57. The number of aryl methyl sites for hydroxylation is 1. The molecule has 0 radical (unpaired) electrons. The topological polar surface area (TPSA) is 35.6 Å². The molecule has 4 heteroatoms. The number of carbonyl (C=O) groups excluding carboxylic acids is 1. The lowest BCUT2D eigenvalue weighted by atomic mass is 9.95. The summed E-state index contributed by atoms with van der Waals surface area (Å²) in [4.78, 5) is 16.5. The van der Waals surface area contributed by atoms with E-state index in [0.29, 0.717) is 0 Å². The smallest absolute Gasteiger partial charge is 0.247 e. The fourth-order valence-corrected chi connectivity index (χ4v) is 2.94. The molecule has 0 unspecified atom stereocenters. The molecule has 2 rings (SSSR count). The Morgan fingerprint density at radius 2 is 2.00 bits per heavy atom. The number of amides is 1. The zero-order chi connectivity index (χ0) is 14.9. The molecule has 1 aromatic rings. The average molecular weight is 275 g/mol. The van der Waals surface area contributed by atoms with Gasteiger partial charge in [-0.2, -0.15) is 0 Å². The highest BCUT2D eigenvalue weighted by Crippen LogP contribution is 2.31. The number of piperazine rings is 1. The van der Waals surface area contributed by atoms with Crippen molar-refractivity contribution in [2.45, 2.75) is 32.9 Å². The summed E-state index contributed by atoms with van der Waals surface area (Å²) in [6, 6.07) is 6.46. The molecule has 1 fully saturated rings. The van der Waals surface area contributed by atoms with E-state index in [0.717, 1.165) is 25.3 Å². The third-order valence-corrected chi connectivity index (χ3v) is 4.10. The van der Waals surface area contributed by atoms with Crippen LogP contribution in [0.25, 0.3) is 0 Å². The lowest BCUT2D eigenvalue weighted by molar-refractivity contribution is -0.136. The molecule has 20 heavy (non-hydrogen) atoms. The maximum Gasteiger partial charge on any atom is 0.247 e. The van der Waals surface area contributed by atoms with Gasteiger partial charge in [0.15, 0.2) is 0 Å². The number of anilines is 1. The second kappa shape index (κ2) is 5.44. The van der Waals surface area contributed by atoms with Gasteiger partial charge in [-0.1, -0.05) is 17.7 Å². The van der Waals surface area contributed by atoms with E-state index >= 15 is 0 Å². The van der Waals surface area contributed by atoms with E-state index in [2.05, 4.69) is 35.3 Å². The molecule has 1 aromatic carbocycles. The van der Waals surface area contributed by atoms with Gasteiger partial charge in [0, 0.05) is 32.4 Å². The van der Waals surface area contributed by atoms with E-state index in [1.165, 1.54) is 11.1 Å². The first-order chi connectivity index (χ1) is 9.37. The molecule has 1 N–H and O–H groups in total. The van der Waals surface area contributed by atoms with Crippen molar-refractivity contribution < 1.29 is 4.79 Å². The molecule has 0 aromatic heterocycles. The van der Waals surface area contributed by atoms with Crippen molar-refractivity contribution in [3.8, 4) is 0 Å². The van der Waals surface area contributed by atoms with Crippen LogP contribution < -0.4 is 10.2 Å². The monoisotopic (exact) mass is 275 g/mol. The number of hydrogen-bond acceptors (Lipinski definition) is 3. The summed E-state index contributed by atoms with van der Waals surface area (Å²) in [5.74, 6) is 0.180. The van der Waals surface area contributed by atoms with Crippen molar-refractivity contribution in [3.05, 3.63) is 29.3 Å². The Balaban J connectivity index is 2.42. The molecule has 0 saturated carbocycles. The summed E-state index contributed by atoms with van der Waals surface area (Å²) in [7, 11) is 3.83. The molecule has 0 bridgehead atoms. The third-order valence-electron chi connectivity index (χ3n) is 4.10. The molecule has 0 spiro atoms. The summed E-state index contributed by atoms with van der Waals surface area (Å²) >= 11 is 0. The Morgan fingerprint density at radius 1 is 1.30 bits per heavy atom. The minimum atomic E-state index is -0.495. The molecular weight excluding hydrogens is 250 g/mol. The second-order valence-corrected chi connectivity index (χ2v) is 6.10. The van der Waals surface area contributed by atoms with E-state index in [1.54, 1.807) is 0 Å². The summed E-state index contributed by atoms with van der Waals surface area (Å²) in [5, 5.41) is 3.22. The van der Waals surface area contributed by atoms with Gasteiger partial charge in [0.2, 0.25) is 5.91 Å². The SMILES string of the molecule is CNCc1cc(C)ccc1N1CCN(C)C(=O)C1(C)C. The van der Waals surface area contributed by atoms with E-state index in [-0.39, 0.29) is 5.91 Å². The minimum absolute atomic E-state index is 0.180. The van der Waals surface area contributed by atoms with Crippen LogP contribution in [0.5, 0.6) is 0 Å². The fourth-order valence-electron chi connectivity index (χ4n) is 2.94. The second-order valence-electron chi connectivity index (χ2n) is 6.10. The normalized spacial score (nSPS) is 18.6. The van der Waals surface area contributed by atoms with Crippen molar-refractivity contribution >= 4 is 11.6 Å². The van der Waals surface area contributed by atoms with Gasteiger partial charge < -0.3 is 15.1 Å².